The lowest BCUT2D eigenvalue weighted by Gasteiger charge is -2.09. The summed E-state index contributed by atoms with van der Waals surface area (Å²) >= 11 is 1.52. The summed E-state index contributed by atoms with van der Waals surface area (Å²) in [4.78, 5) is 38.3. The van der Waals surface area contributed by atoms with E-state index in [0.717, 1.165) is 35.3 Å². The van der Waals surface area contributed by atoms with E-state index in [4.69, 9.17) is 9.98 Å². The van der Waals surface area contributed by atoms with Crippen LogP contribution in [-0.4, -0.2) is 41.5 Å². The van der Waals surface area contributed by atoms with E-state index in [9.17, 15) is 14.7 Å². The normalized spacial score (nSPS) is 20.6. The predicted octanol–water partition coefficient (Wildman–Crippen LogP) is 0.713. The lowest BCUT2D eigenvalue weighted by molar-refractivity contribution is -0.112. The first-order chi connectivity index (χ1) is 14.0. The quantitative estimate of drug-likeness (QED) is 0.581. The Kier molecular flexibility index (Phi) is 4.16. The lowest BCUT2D eigenvalue weighted by atomic mass is 10.2. The predicted molar refractivity (Wildman–Crippen MR) is 107 cm³/mol. The summed E-state index contributed by atoms with van der Waals surface area (Å²) in [5.41, 5.74) is 1.90. The number of Topliss-reactive ketones (excluding diaryl/α,β-unsaturated/α-hetero) is 1. The molecule has 148 valence electrons. The van der Waals surface area contributed by atoms with Crippen LogP contribution in [0, 0.1) is 0 Å². The lowest BCUT2D eigenvalue weighted by Crippen LogP contribution is -2.21. The van der Waals surface area contributed by atoms with Gasteiger partial charge in [-0.3, -0.25) is 14.8 Å². The van der Waals surface area contributed by atoms with Gasteiger partial charge in [-0.25, -0.2) is 9.78 Å². The van der Waals surface area contributed by atoms with Gasteiger partial charge in [0.25, 0.3) is 0 Å². The van der Waals surface area contributed by atoms with E-state index in [-0.39, 0.29) is 22.6 Å². The van der Waals surface area contributed by atoms with Crippen LogP contribution < -0.4 is 16.4 Å². The monoisotopic (exact) mass is 410 g/mol. The van der Waals surface area contributed by atoms with Crippen molar-refractivity contribution in [1.29, 1.82) is 0 Å². The van der Waals surface area contributed by atoms with Crippen molar-refractivity contribution in [3.8, 4) is 5.88 Å². The van der Waals surface area contributed by atoms with Crippen LogP contribution in [0.4, 0.5) is 0 Å². The Morgan fingerprint density at radius 1 is 1.41 bits per heavy atom. The number of ketones is 1. The van der Waals surface area contributed by atoms with Gasteiger partial charge < -0.3 is 10.1 Å². The summed E-state index contributed by atoms with van der Waals surface area (Å²) in [6.07, 6.45) is 8.05. The van der Waals surface area contributed by atoms with E-state index >= 15 is 0 Å². The highest BCUT2D eigenvalue weighted by atomic mass is 32.2. The minimum Gasteiger partial charge on any atom is -0.493 e. The first kappa shape index (κ1) is 17.9. The average molecular weight is 410 g/mol. The number of hydrogen-bond donors (Lipinski definition) is 3. The highest BCUT2D eigenvalue weighted by Crippen LogP contribution is 2.42. The molecule has 3 aromatic rings. The van der Waals surface area contributed by atoms with Gasteiger partial charge in [-0.2, -0.15) is 9.61 Å². The average Bonchev–Trinajstić information content (AvgIpc) is 3.08. The highest BCUT2D eigenvalue weighted by Gasteiger charge is 2.25. The summed E-state index contributed by atoms with van der Waals surface area (Å²) in [5.74, 6) is -0.179. The zero-order chi connectivity index (χ0) is 20.1. The molecule has 0 bridgehead atoms. The molecule has 0 amide bonds. The van der Waals surface area contributed by atoms with Crippen molar-refractivity contribution in [2.75, 3.05) is 0 Å². The molecule has 5 rings (SSSR count). The van der Waals surface area contributed by atoms with Crippen molar-refractivity contribution in [3.05, 3.63) is 55.8 Å². The van der Waals surface area contributed by atoms with Crippen molar-refractivity contribution in [2.45, 2.75) is 37.5 Å². The Morgan fingerprint density at radius 2 is 2.24 bits per heavy atom. The Hall–Kier alpha value is -3.14. The van der Waals surface area contributed by atoms with Crippen molar-refractivity contribution >= 4 is 29.3 Å². The van der Waals surface area contributed by atoms with Gasteiger partial charge in [0.1, 0.15) is 5.69 Å². The van der Waals surface area contributed by atoms with Crippen LogP contribution in [-0.2, 0) is 4.79 Å². The number of aromatic nitrogens is 5. The summed E-state index contributed by atoms with van der Waals surface area (Å²) < 4.78 is 1.67. The third-order valence-corrected chi connectivity index (χ3v) is 6.29. The number of fused-ring (bicyclic) bond motifs is 1. The molecule has 3 aromatic heterocycles. The molecular formula is C19H18N6O3S. The fourth-order valence-corrected chi connectivity index (χ4v) is 4.35. The maximum absolute atomic E-state index is 11.7. The van der Waals surface area contributed by atoms with Gasteiger partial charge in [0.05, 0.1) is 23.2 Å². The highest BCUT2D eigenvalue weighted by molar-refractivity contribution is 8.04. The van der Waals surface area contributed by atoms with Crippen LogP contribution in [0.15, 0.2) is 33.0 Å². The molecule has 1 fully saturated rings. The molecule has 1 aliphatic heterocycles. The minimum absolute atomic E-state index is 0.0373. The maximum atomic E-state index is 11.7. The topological polar surface area (TPSA) is 128 Å². The fourth-order valence-electron chi connectivity index (χ4n) is 3.25. The molecule has 1 saturated carbocycles. The number of carbonyl (C=O) groups excluding carboxylic acids is 1. The standard InChI is InChI=1S/C19H18N6O3S/c1-9(26)14-4-5-15(29-14)12-7-16(21-11-2-3-11)25-17(22-12)10(8-20-25)6-13-18(27)24-19(28)23-13/h4,6-8,11,15,27H,2-3,5H2,1H3,(H2,23,24,28). The van der Waals surface area contributed by atoms with Crippen LogP contribution in [0.5, 0.6) is 5.88 Å². The van der Waals surface area contributed by atoms with Crippen LogP contribution in [0.3, 0.4) is 0 Å². The second-order valence-electron chi connectivity index (χ2n) is 7.19. The smallest absolute Gasteiger partial charge is 0.326 e. The SMILES string of the molecule is CC(=O)C1=CCC(c2cc(=NC3CC3)n3ncc(=Cc4[nH]c(=O)[nH]c4O)c3n2)S1. The van der Waals surface area contributed by atoms with Crippen LogP contribution in [0.1, 0.15) is 42.8 Å². The molecule has 1 atom stereocenters. The van der Waals surface area contributed by atoms with E-state index in [0.29, 0.717) is 16.9 Å². The summed E-state index contributed by atoms with van der Waals surface area (Å²) in [7, 11) is 0. The number of aromatic amines is 2. The molecule has 0 aromatic carbocycles. The second-order valence-corrected chi connectivity index (χ2v) is 8.43. The minimum atomic E-state index is -0.492. The number of nitrogens with one attached hydrogen (secondary N) is 2. The van der Waals surface area contributed by atoms with Crippen LogP contribution in [0.2, 0.25) is 0 Å². The van der Waals surface area contributed by atoms with Gasteiger partial charge in [0.15, 0.2) is 16.9 Å². The second kappa shape index (κ2) is 6.73. The van der Waals surface area contributed by atoms with Crippen molar-refractivity contribution in [3.63, 3.8) is 0 Å². The van der Waals surface area contributed by atoms with Gasteiger partial charge in [-0.1, -0.05) is 6.08 Å². The third kappa shape index (κ3) is 3.39. The summed E-state index contributed by atoms with van der Waals surface area (Å²) in [6.45, 7) is 1.57. The van der Waals surface area contributed by atoms with E-state index in [2.05, 4.69) is 15.1 Å². The van der Waals surface area contributed by atoms with E-state index in [1.807, 2.05) is 12.1 Å². The molecule has 9 nitrogen and oxygen atoms in total. The largest absolute Gasteiger partial charge is 0.493 e. The number of hydrogen-bond acceptors (Lipinski definition) is 7. The fraction of sp³-hybridized carbons (Fsp3) is 0.316. The van der Waals surface area contributed by atoms with Gasteiger partial charge in [-0.15, -0.1) is 11.8 Å². The number of aromatic hydroxyl groups is 1. The van der Waals surface area contributed by atoms with Crippen molar-refractivity contribution in [1.82, 2.24) is 24.6 Å². The molecule has 0 spiro atoms. The molecule has 4 heterocycles. The number of carbonyl (C=O) groups is 1. The van der Waals surface area contributed by atoms with Gasteiger partial charge >= 0.3 is 5.69 Å². The summed E-state index contributed by atoms with van der Waals surface area (Å²) in [5, 5.41) is 15.0. The van der Waals surface area contributed by atoms with Crippen molar-refractivity contribution in [2.24, 2.45) is 4.99 Å². The third-order valence-electron chi connectivity index (χ3n) is 4.86. The molecule has 29 heavy (non-hydrogen) atoms. The molecule has 1 unspecified atom stereocenters. The van der Waals surface area contributed by atoms with E-state index in [1.165, 1.54) is 11.8 Å². The molecule has 1 aliphatic carbocycles. The Balaban J connectivity index is 1.67. The number of rotatable bonds is 4. The first-order valence-corrected chi connectivity index (χ1v) is 10.2. The Labute approximate surface area is 168 Å². The Morgan fingerprint density at radius 3 is 2.90 bits per heavy atom. The van der Waals surface area contributed by atoms with Crippen molar-refractivity contribution < 1.29 is 9.90 Å². The zero-order valence-corrected chi connectivity index (χ0v) is 16.4. The number of nitrogens with zero attached hydrogens (tertiary/aromatic N) is 4. The molecular weight excluding hydrogens is 392 g/mol. The summed E-state index contributed by atoms with van der Waals surface area (Å²) in [6, 6.07) is 2.24. The van der Waals surface area contributed by atoms with E-state index < -0.39 is 5.69 Å². The number of H-pyrrole nitrogens is 2. The van der Waals surface area contributed by atoms with Gasteiger partial charge in [0, 0.05) is 16.2 Å². The van der Waals surface area contributed by atoms with E-state index in [1.54, 1.807) is 23.7 Å². The van der Waals surface area contributed by atoms with Gasteiger partial charge in [-0.05, 0) is 32.3 Å². The zero-order valence-electron chi connectivity index (χ0n) is 15.5. The van der Waals surface area contributed by atoms with Gasteiger partial charge in [0.2, 0.25) is 5.88 Å². The van der Waals surface area contributed by atoms with Crippen LogP contribution >= 0.6 is 11.8 Å². The number of thioether (sulfide) groups is 1. The molecule has 2 aliphatic rings. The molecule has 10 heteroatoms. The number of imidazole rings is 1. The number of allylic oxidation sites excluding steroid dienone is 2. The molecule has 0 radical (unpaired) electrons. The Bertz CT molecular complexity index is 1340. The molecule has 3 N–H and O–H groups in total. The first-order valence-electron chi connectivity index (χ1n) is 9.31. The van der Waals surface area contributed by atoms with Crippen LogP contribution in [0.25, 0.3) is 11.7 Å². The molecule has 0 saturated heterocycles. The maximum Gasteiger partial charge on any atom is 0.326 e.